The Kier molecular flexibility index (Phi) is 5.68. The van der Waals surface area contributed by atoms with E-state index in [1.807, 2.05) is 6.92 Å². The number of ether oxygens (including phenoxy) is 2. The van der Waals surface area contributed by atoms with Gasteiger partial charge in [-0.2, -0.15) is 0 Å². The summed E-state index contributed by atoms with van der Waals surface area (Å²) in [5.74, 6) is -1.00. The molecule has 0 bridgehead atoms. The Bertz CT molecular complexity index is 934. The number of nitrogens with one attached hydrogen (secondary N) is 1. The molecule has 2 atom stereocenters. The van der Waals surface area contributed by atoms with Gasteiger partial charge in [-0.15, -0.1) is 0 Å². The van der Waals surface area contributed by atoms with Crippen LogP contribution in [0, 0.1) is 18.8 Å². The molecule has 2 unspecified atom stereocenters. The van der Waals surface area contributed by atoms with Crippen molar-refractivity contribution in [2.45, 2.75) is 26.2 Å². The molecule has 0 radical (unpaired) electrons. The number of aryl methyl sites for hydroxylation is 2. The first-order valence-electron chi connectivity index (χ1n) is 9.53. The highest BCUT2D eigenvalue weighted by Crippen LogP contribution is 2.34. The number of amides is 1. The van der Waals surface area contributed by atoms with Gasteiger partial charge in [-0.05, 0) is 38.3 Å². The lowest BCUT2D eigenvalue weighted by Crippen LogP contribution is -2.28. The number of carbonyl (C=O) groups is 3. The number of carbonyl (C=O) groups excluding carboxylic acids is 3. The van der Waals surface area contributed by atoms with Crippen LogP contribution in [0.15, 0.2) is 18.3 Å². The molecule has 1 fully saturated rings. The van der Waals surface area contributed by atoms with Crippen LogP contribution in [-0.4, -0.2) is 47.4 Å². The van der Waals surface area contributed by atoms with Gasteiger partial charge in [0.1, 0.15) is 0 Å². The van der Waals surface area contributed by atoms with E-state index in [2.05, 4.69) is 15.3 Å². The summed E-state index contributed by atoms with van der Waals surface area (Å²) < 4.78 is 10.5. The topological polar surface area (TPSA) is 107 Å². The molecule has 0 saturated carbocycles. The van der Waals surface area contributed by atoms with Crippen LogP contribution in [0.25, 0.3) is 0 Å². The van der Waals surface area contributed by atoms with E-state index in [0.717, 1.165) is 23.5 Å². The van der Waals surface area contributed by atoms with Crippen LogP contribution in [0.4, 0.5) is 9.93 Å². The highest BCUT2D eigenvalue weighted by Gasteiger charge is 2.36. The number of nitrogens with zero attached hydrogens (tertiary/aromatic N) is 2. The molecule has 1 saturated heterocycles. The zero-order chi connectivity index (χ0) is 20.4. The lowest BCUT2D eigenvalue weighted by atomic mass is 9.84. The highest BCUT2D eigenvalue weighted by atomic mass is 32.1. The quantitative estimate of drug-likeness (QED) is 0.591. The van der Waals surface area contributed by atoms with Gasteiger partial charge >= 0.3 is 6.09 Å². The number of fused-ring (bicyclic) bond motifs is 1. The average Bonchev–Trinajstić information content (AvgIpc) is 3.36. The van der Waals surface area contributed by atoms with Gasteiger partial charge < -0.3 is 9.47 Å². The highest BCUT2D eigenvalue weighted by molar-refractivity contribution is 7.17. The Labute approximate surface area is 171 Å². The van der Waals surface area contributed by atoms with Gasteiger partial charge in [0.25, 0.3) is 0 Å². The van der Waals surface area contributed by atoms with Crippen LogP contribution in [-0.2, 0) is 15.9 Å². The zero-order valence-electron chi connectivity index (χ0n) is 16.0. The van der Waals surface area contributed by atoms with Gasteiger partial charge in [0.15, 0.2) is 16.7 Å². The summed E-state index contributed by atoms with van der Waals surface area (Å²) >= 11 is 1.08. The van der Waals surface area contributed by atoms with Gasteiger partial charge in [0, 0.05) is 30.0 Å². The molecule has 2 aliphatic rings. The first-order chi connectivity index (χ1) is 14.0. The van der Waals surface area contributed by atoms with Gasteiger partial charge in [-0.3, -0.25) is 19.9 Å². The molecule has 1 N–H and O–H groups in total. The molecule has 4 rings (SSSR count). The number of aromatic nitrogens is 2. The Hall–Kier alpha value is -2.65. The largest absolute Gasteiger partial charge is 0.449 e. The monoisotopic (exact) mass is 415 g/mol. The third kappa shape index (κ3) is 4.35. The molecule has 3 heterocycles. The number of hydrogen-bond donors (Lipinski definition) is 1. The third-order valence-electron chi connectivity index (χ3n) is 5.10. The third-order valence-corrected chi connectivity index (χ3v) is 6.13. The average molecular weight is 415 g/mol. The van der Waals surface area contributed by atoms with E-state index in [1.165, 1.54) is 6.20 Å². The second-order valence-electron chi connectivity index (χ2n) is 7.26. The summed E-state index contributed by atoms with van der Waals surface area (Å²) in [7, 11) is 0. The van der Waals surface area contributed by atoms with Crippen LogP contribution in [0.5, 0.6) is 0 Å². The maximum atomic E-state index is 12.9. The van der Waals surface area contributed by atoms with Crippen LogP contribution in [0.3, 0.4) is 0 Å². The predicted molar refractivity (Wildman–Crippen MR) is 105 cm³/mol. The Morgan fingerprint density at radius 1 is 1.34 bits per heavy atom. The molecule has 8 nitrogen and oxygen atoms in total. The van der Waals surface area contributed by atoms with Crippen LogP contribution in [0.2, 0.25) is 0 Å². The minimum Gasteiger partial charge on any atom is -0.449 e. The maximum Gasteiger partial charge on any atom is 0.413 e. The van der Waals surface area contributed by atoms with Crippen LogP contribution in [0.1, 0.15) is 44.3 Å². The predicted octanol–water partition coefficient (Wildman–Crippen LogP) is 3.06. The van der Waals surface area contributed by atoms with E-state index in [9.17, 15) is 14.4 Å². The summed E-state index contributed by atoms with van der Waals surface area (Å²) in [5, 5.41) is 2.89. The van der Waals surface area contributed by atoms with Crippen molar-refractivity contribution in [2.75, 3.05) is 25.1 Å². The second kappa shape index (κ2) is 8.38. The number of thiazole rings is 1. The summed E-state index contributed by atoms with van der Waals surface area (Å²) in [5.41, 5.74) is 1.86. The van der Waals surface area contributed by atoms with Crippen molar-refractivity contribution in [2.24, 2.45) is 11.8 Å². The molecule has 1 amide bonds. The van der Waals surface area contributed by atoms with E-state index in [0.29, 0.717) is 47.3 Å². The van der Waals surface area contributed by atoms with Gasteiger partial charge in [-0.25, -0.2) is 9.78 Å². The van der Waals surface area contributed by atoms with Crippen molar-refractivity contribution in [1.82, 2.24) is 9.97 Å². The minimum atomic E-state index is -0.741. The summed E-state index contributed by atoms with van der Waals surface area (Å²) in [4.78, 5) is 46.5. The fourth-order valence-electron chi connectivity index (χ4n) is 3.43. The molecule has 0 spiro atoms. The molecule has 2 aromatic heterocycles. The van der Waals surface area contributed by atoms with Crippen molar-refractivity contribution in [1.29, 1.82) is 0 Å². The first-order valence-corrected chi connectivity index (χ1v) is 10.3. The van der Waals surface area contributed by atoms with Gasteiger partial charge in [-0.1, -0.05) is 11.3 Å². The van der Waals surface area contributed by atoms with E-state index in [4.69, 9.17) is 9.47 Å². The number of rotatable bonds is 5. The summed E-state index contributed by atoms with van der Waals surface area (Å²) in [6.45, 7) is 3.41. The van der Waals surface area contributed by atoms with Gasteiger partial charge in [0.05, 0.1) is 29.7 Å². The van der Waals surface area contributed by atoms with Gasteiger partial charge in [0.2, 0.25) is 0 Å². The van der Waals surface area contributed by atoms with Crippen LogP contribution < -0.4 is 5.32 Å². The summed E-state index contributed by atoms with van der Waals surface area (Å²) in [6, 6.07) is 3.45. The van der Waals surface area contributed by atoms with Crippen molar-refractivity contribution in [3.63, 3.8) is 0 Å². The smallest absolute Gasteiger partial charge is 0.413 e. The van der Waals surface area contributed by atoms with E-state index < -0.39 is 12.0 Å². The van der Waals surface area contributed by atoms with Crippen molar-refractivity contribution in [3.05, 3.63) is 40.2 Å². The molecule has 152 valence electrons. The second-order valence-corrected chi connectivity index (χ2v) is 8.26. The standard InChI is InChI=1S/C20H21N3O5S/c1-11-2-3-13(8-21-11)16(24)14-4-5-15-18(17(14)25)29-19(22-15)23-20(26)28-10-12-6-7-27-9-12/h2-3,8,12,14H,4-7,9-10H2,1H3,(H,22,23,26). The van der Waals surface area contributed by atoms with Crippen molar-refractivity contribution in [3.8, 4) is 0 Å². The fraction of sp³-hybridized carbons (Fsp3) is 0.450. The van der Waals surface area contributed by atoms with E-state index >= 15 is 0 Å². The first kappa shape index (κ1) is 19.7. The molecule has 1 aliphatic carbocycles. The Morgan fingerprint density at radius 3 is 2.93 bits per heavy atom. The molecular formula is C20H21N3O5S. The van der Waals surface area contributed by atoms with Crippen molar-refractivity contribution < 1.29 is 23.9 Å². The molecular weight excluding hydrogens is 394 g/mol. The lowest BCUT2D eigenvalue weighted by Gasteiger charge is -2.18. The number of anilines is 1. The lowest BCUT2D eigenvalue weighted by molar-refractivity contribution is 0.0792. The zero-order valence-corrected chi connectivity index (χ0v) is 16.8. The molecule has 1 aliphatic heterocycles. The van der Waals surface area contributed by atoms with E-state index in [-0.39, 0.29) is 24.1 Å². The summed E-state index contributed by atoms with van der Waals surface area (Å²) in [6.07, 6.45) is 2.68. The molecule has 2 aromatic rings. The Balaban J connectivity index is 1.40. The Morgan fingerprint density at radius 2 is 2.21 bits per heavy atom. The number of Topliss-reactive ketones (excluding diaryl/α,β-unsaturated/α-hetero) is 2. The fourth-order valence-corrected chi connectivity index (χ4v) is 4.43. The minimum absolute atomic E-state index is 0.217. The SMILES string of the molecule is Cc1ccc(C(=O)C2CCc3nc(NC(=O)OCC4CCOC4)sc3C2=O)cn1. The normalized spacial score (nSPS) is 20.9. The number of pyridine rings is 1. The number of ketones is 2. The molecule has 9 heteroatoms. The van der Waals surface area contributed by atoms with Crippen molar-refractivity contribution >= 4 is 34.1 Å². The van der Waals surface area contributed by atoms with Crippen LogP contribution >= 0.6 is 11.3 Å². The molecule has 29 heavy (non-hydrogen) atoms. The molecule has 0 aromatic carbocycles. The maximum absolute atomic E-state index is 12.9. The number of hydrogen-bond acceptors (Lipinski definition) is 8. The van der Waals surface area contributed by atoms with E-state index in [1.54, 1.807) is 12.1 Å².